The lowest BCUT2D eigenvalue weighted by molar-refractivity contribution is 1.27. The van der Waals surface area contributed by atoms with E-state index in [2.05, 4.69) is 24.6 Å². The third-order valence-corrected chi connectivity index (χ3v) is 1.48. The Kier molecular flexibility index (Phi) is 1.52. The summed E-state index contributed by atoms with van der Waals surface area (Å²) in [6, 6.07) is 0. The van der Waals surface area contributed by atoms with Crippen molar-refractivity contribution in [3.63, 3.8) is 0 Å². The number of rotatable bonds is 1. The number of aliphatic imine (C=N–C) groups is 1. The summed E-state index contributed by atoms with van der Waals surface area (Å²) in [5.74, 6) is 0. The van der Waals surface area contributed by atoms with Crippen LogP contribution in [-0.4, -0.2) is 5.71 Å². The molecule has 1 rings (SSSR count). The summed E-state index contributed by atoms with van der Waals surface area (Å²) in [5, 5.41) is 0. The van der Waals surface area contributed by atoms with Crippen LogP contribution in [0.3, 0.4) is 0 Å². The molecule has 0 aromatic rings. The van der Waals surface area contributed by atoms with Gasteiger partial charge in [0.15, 0.2) is 0 Å². The van der Waals surface area contributed by atoms with Crippen LogP contribution < -0.4 is 0 Å². The Morgan fingerprint density at radius 2 is 2.33 bits per heavy atom. The first-order valence-electron chi connectivity index (χ1n) is 3.19. The summed E-state index contributed by atoms with van der Waals surface area (Å²) in [6.45, 7) is 7.91. The summed E-state index contributed by atoms with van der Waals surface area (Å²) < 4.78 is 0. The lowest BCUT2D eigenvalue weighted by atomic mass is 10.2. The number of hydrogen-bond acceptors (Lipinski definition) is 1. The van der Waals surface area contributed by atoms with E-state index in [4.69, 9.17) is 0 Å². The van der Waals surface area contributed by atoms with Crippen molar-refractivity contribution in [1.29, 1.82) is 0 Å². The fraction of sp³-hybridized carbons (Fsp3) is 0.375. The SMILES string of the molecule is C=C1N=C(CC)C=C1C. The highest BCUT2D eigenvalue weighted by molar-refractivity contribution is 5.99. The highest BCUT2D eigenvalue weighted by atomic mass is 14.8. The fourth-order valence-corrected chi connectivity index (χ4v) is 0.808. The molecule has 0 aromatic carbocycles. The number of allylic oxidation sites excluding steroid dienone is 2. The molecule has 0 unspecified atom stereocenters. The third-order valence-electron chi connectivity index (χ3n) is 1.48. The van der Waals surface area contributed by atoms with Crippen LogP contribution in [-0.2, 0) is 0 Å². The van der Waals surface area contributed by atoms with Gasteiger partial charge in [-0.3, -0.25) is 4.99 Å². The summed E-state index contributed by atoms with van der Waals surface area (Å²) >= 11 is 0. The lowest BCUT2D eigenvalue weighted by Crippen LogP contribution is -1.83. The molecule has 0 atom stereocenters. The van der Waals surface area contributed by atoms with Crippen LogP contribution >= 0.6 is 0 Å². The average molecular weight is 121 g/mol. The van der Waals surface area contributed by atoms with Gasteiger partial charge in [-0.2, -0.15) is 0 Å². The molecule has 0 saturated carbocycles. The quantitative estimate of drug-likeness (QED) is 0.504. The largest absolute Gasteiger partial charge is 0.254 e. The van der Waals surface area contributed by atoms with Crippen molar-refractivity contribution in [3.8, 4) is 0 Å². The van der Waals surface area contributed by atoms with E-state index in [1.165, 1.54) is 5.57 Å². The Balaban J connectivity index is 2.83. The van der Waals surface area contributed by atoms with Crippen LogP contribution in [0.1, 0.15) is 20.3 Å². The van der Waals surface area contributed by atoms with Gasteiger partial charge in [0, 0.05) is 5.71 Å². The van der Waals surface area contributed by atoms with Crippen LogP contribution in [0.25, 0.3) is 0 Å². The zero-order chi connectivity index (χ0) is 6.85. The van der Waals surface area contributed by atoms with Gasteiger partial charge in [0.25, 0.3) is 0 Å². The highest BCUT2D eigenvalue weighted by Crippen LogP contribution is 2.16. The zero-order valence-corrected chi connectivity index (χ0v) is 5.94. The van der Waals surface area contributed by atoms with Crippen molar-refractivity contribution >= 4 is 5.71 Å². The van der Waals surface area contributed by atoms with Gasteiger partial charge in [0.2, 0.25) is 0 Å². The predicted octanol–water partition coefficient (Wildman–Crippen LogP) is 2.31. The van der Waals surface area contributed by atoms with Crippen molar-refractivity contribution in [3.05, 3.63) is 23.9 Å². The Bertz CT molecular complexity index is 197. The van der Waals surface area contributed by atoms with Crippen molar-refractivity contribution in [1.82, 2.24) is 0 Å². The maximum Gasteiger partial charge on any atom is 0.0591 e. The maximum atomic E-state index is 4.22. The molecule has 0 spiro atoms. The first kappa shape index (κ1) is 6.27. The monoisotopic (exact) mass is 121 g/mol. The first-order valence-corrected chi connectivity index (χ1v) is 3.19. The van der Waals surface area contributed by atoms with Crippen molar-refractivity contribution in [2.75, 3.05) is 0 Å². The standard InChI is InChI=1S/C8H11N/c1-4-8-5-6(2)7(3)9-8/h5H,3-4H2,1-2H3. The molecule has 1 heterocycles. The fourth-order valence-electron chi connectivity index (χ4n) is 0.808. The van der Waals surface area contributed by atoms with Gasteiger partial charge in [-0.1, -0.05) is 13.5 Å². The van der Waals surface area contributed by atoms with Crippen LogP contribution in [0, 0.1) is 0 Å². The second-order valence-corrected chi connectivity index (χ2v) is 2.23. The van der Waals surface area contributed by atoms with Gasteiger partial charge in [-0.15, -0.1) is 0 Å². The van der Waals surface area contributed by atoms with E-state index in [0.717, 1.165) is 17.8 Å². The molecule has 0 aliphatic carbocycles. The van der Waals surface area contributed by atoms with Gasteiger partial charge in [-0.05, 0) is 25.0 Å². The molecule has 1 aliphatic heterocycles. The molecule has 48 valence electrons. The topological polar surface area (TPSA) is 12.4 Å². The van der Waals surface area contributed by atoms with Crippen LogP contribution in [0.2, 0.25) is 0 Å². The Labute approximate surface area is 55.8 Å². The molecule has 1 heteroatoms. The molecule has 0 N–H and O–H groups in total. The van der Waals surface area contributed by atoms with Crippen LogP contribution in [0.5, 0.6) is 0 Å². The van der Waals surface area contributed by atoms with Crippen molar-refractivity contribution in [2.24, 2.45) is 4.99 Å². The molecule has 0 fully saturated rings. The minimum atomic E-state index is 0.923. The van der Waals surface area contributed by atoms with Gasteiger partial charge < -0.3 is 0 Å². The zero-order valence-electron chi connectivity index (χ0n) is 5.94. The Morgan fingerprint density at radius 3 is 2.56 bits per heavy atom. The van der Waals surface area contributed by atoms with Gasteiger partial charge in [0.1, 0.15) is 0 Å². The lowest BCUT2D eigenvalue weighted by Gasteiger charge is -1.86. The maximum absolute atomic E-state index is 4.22. The van der Waals surface area contributed by atoms with Gasteiger partial charge in [0.05, 0.1) is 5.70 Å². The molecule has 0 saturated heterocycles. The number of nitrogens with zero attached hydrogens (tertiary/aromatic N) is 1. The average Bonchev–Trinajstić information content (AvgIpc) is 2.13. The molecular weight excluding hydrogens is 110 g/mol. The predicted molar refractivity (Wildman–Crippen MR) is 40.6 cm³/mol. The minimum absolute atomic E-state index is 0.923. The molecule has 0 radical (unpaired) electrons. The van der Waals surface area contributed by atoms with E-state index >= 15 is 0 Å². The van der Waals surface area contributed by atoms with Crippen LogP contribution in [0.4, 0.5) is 0 Å². The van der Waals surface area contributed by atoms with E-state index in [1.54, 1.807) is 0 Å². The molecule has 0 aromatic heterocycles. The normalized spacial score (nSPS) is 17.8. The second-order valence-electron chi connectivity index (χ2n) is 2.23. The van der Waals surface area contributed by atoms with Gasteiger partial charge >= 0.3 is 0 Å². The minimum Gasteiger partial charge on any atom is -0.254 e. The molecule has 1 nitrogen and oxygen atoms in total. The smallest absolute Gasteiger partial charge is 0.0591 e. The van der Waals surface area contributed by atoms with Crippen molar-refractivity contribution in [2.45, 2.75) is 20.3 Å². The van der Waals surface area contributed by atoms with E-state index < -0.39 is 0 Å². The molecule has 0 bridgehead atoms. The Hall–Kier alpha value is -0.850. The number of hydrogen-bond donors (Lipinski definition) is 0. The Morgan fingerprint density at radius 1 is 1.67 bits per heavy atom. The molecular formula is C8H11N. The summed E-state index contributed by atoms with van der Waals surface area (Å²) in [4.78, 5) is 4.22. The second kappa shape index (κ2) is 2.18. The summed E-state index contributed by atoms with van der Waals surface area (Å²) in [5.41, 5.74) is 3.27. The van der Waals surface area contributed by atoms with Crippen LogP contribution in [0.15, 0.2) is 28.9 Å². The summed E-state index contributed by atoms with van der Waals surface area (Å²) in [7, 11) is 0. The van der Waals surface area contributed by atoms with E-state index in [1.807, 2.05) is 6.92 Å². The molecule has 0 amide bonds. The highest BCUT2D eigenvalue weighted by Gasteiger charge is 2.04. The third kappa shape index (κ3) is 1.10. The summed E-state index contributed by atoms with van der Waals surface area (Å²) in [6.07, 6.45) is 3.10. The van der Waals surface area contributed by atoms with E-state index in [9.17, 15) is 0 Å². The molecule has 1 aliphatic rings. The molecule has 9 heavy (non-hydrogen) atoms. The van der Waals surface area contributed by atoms with E-state index in [0.29, 0.717) is 0 Å². The van der Waals surface area contributed by atoms with E-state index in [-0.39, 0.29) is 0 Å². The van der Waals surface area contributed by atoms with Crippen molar-refractivity contribution < 1.29 is 0 Å². The first-order chi connectivity index (χ1) is 4.24. The van der Waals surface area contributed by atoms with Gasteiger partial charge in [-0.25, -0.2) is 0 Å².